The molecule has 0 radical (unpaired) electrons. The molecular weight excluding hydrogens is 368 g/mol. The highest BCUT2D eigenvalue weighted by Gasteiger charge is 2.51. The van der Waals surface area contributed by atoms with E-state index in [1.165, 1.54) is 5.56 Å². The van der Waals surface area contributed by atoms with Crippen LogP contribution in [0.3, 0.4) is 0 Å². The normalized spacial score (nSPS) is 19.8. The van der Waals surface area contributed by atoms with E-state index in [9.17, 15) is 9.90 Å². The minimum Gasteiger partial charge on any atom is -0.497 e. The lowest BCUT2D eigenvalue weighted by Crippen LogP contribution is -2.67. The molecule has 150 valence electrons. The topological polar surface area (TPSA) is 90.5 Å². The number of rotatable bonds is 4. The second-order valence-electron chi connectivity index (χ2n) is 8.01. The number of carbonyl (C=O) groups excluding carboxylic acids is 1. The predicted molar refractivity (Wildman–Crippen MR) is 109 cm³/mol. The Balaban J connectivity index is 1.45. The summed E-state index contributed by atoms with van der Waals surface area (Å²) >= 11 is 0. The number of aromatic nitrogens is 2. The number of methoxy groups -OCH3 is 1. The van der Waals surface area contributed by atoms with Crippen molar-refractivity contribution in [1.29, 1.82) is 0 Å². The summed E-state index contributed by atoms with van der Waals surface area (Å²) in [5, 5.41) is 14.4. The van der Waals surface area contributed by atoms with Gasteiger partial charge in [-0.25, -0.2) is 0 Å². The van der Waals surface area contributed by atoms with E-state index in [2.05, 4.69) is 21.4 Å². The van der Waals surface area contributed by atoms with E-state index in [-0.39, 0.29) is 24.0 Å². The summed E-state index contributed by atoms with van der Waals surface area (Å²) in [6.45, 7) is 2.10. The summed E-state index contributed by atoms with van der Waals surface area (Å²) in [6.07, 6.45) is 3.83. The van der Waals surface area contributed by atoms with E-state index < -0.39 is 0 Å². The van der Waals surface area contributed by atoms with Crippen LogP contribution in [0.15, 0.2) is 42.7 Å². The third-order valence-electron chi connectivity index (χ3n) is 6.20. The van der Waals surface area contributed by atoms with E-state index in [1.807, 2.05) is 29.2 Å². The standard InChI is InChI=1S/C22H24N4O3/c1-29-15-4-5-16-17(8-15)25-21-18(10-27)24-11-22(20(16)21)12-26(13-22)19(28)7-14-3-2-6-23-9-14/h2-6,8-9,18,24-25,27H,7,10-13H2,1H3/t18-/m0/s1. The Morgan fingerprint density at radius 1 is 1.38 bits per heavy atom. The van der Waals surface area contributed by atoms with Crippen LogP contribution in [0.5, 0.6) is 5.75 Å². The molecule has 1 atom stereocenters. The third-order valence-corrected chi connectivity index (χ3v) is 6.20. The van der Waals surface area contributed by atoms with E-state index >= 15 is 0 Å². The number of nitrogens with one attached hydrogen (secondary N) is 2. The first-order chi connectivity index (χ1) is 14.1. The van der Waals surface area contributed by atoms with Gasteiger partial charge in [-0.2, -0.15) is 0 Å². The molecule has 5 rings (SSSR count). The number of aliphatic hydroxyl groups excluding tert-OH is 1. The molecule has 3 aromatic rings. The van der Waals surface area contributed by atoms with Crippen molar-refractivity contribution in [2.45, 2.75) is 17.9 Å². The minimum absolute atomic E-state index is 0.0245. The monoisotopic (exact) mass is 392 g/mol. The maximum Gasteiger partial charge on any atom is 0.227 e. The van der Waals surface area contributed by atoms with Crippen LogP contribution >= 0.6 is 0 Å². The Hall–Kier alpha value is -2.90. The van der Waals surface area contributed by atoms with Crippen LogP contribution in [0.1, 0.15) is 22.9 Å². The highest BCUT2D eigenvalue weighted by molar-refractivity contribution is 5.89. The molecule has 0 aliphatic carbocycles. The molecule has 1 aromatic carbocycles. The number of hydrogen-bond donors (Lipinski definition) is 3. The number of carbonyl (C=O) groups is 1. The van der Waals surface area contributed by atoms with E-state index in [0.29, 0.717) is 19.5 Å². The summed E-state index contributed by atoms with van der Waals surface area (Å²) in [4.78, 5) is 22.2. The van der Waals surface area contributed by atoms with Gasteiger partial charge >= 0.3 is 0 Å². The summed E-state index contributed by atoms with van der Waals surface area (Å²) in [5.74, 6) is 0.913. The van der Waals surface area contributed by atoms with Crippen molar-refractivity contribution in [1.82, 2.24) is 20.2 Å². The average molecular weight is 392 g/mol. The highest BCUT2D eigenvalue weighted by atomic mass is 16.5. The van der Waals surface area contributed by atoms with Gasteiger partial charge in [0.1, 0.15) is 5.75 Å². The molecule has 4 heterocycles. The number of hydrogen-bond acceptors (Lipinski definition) is 5. The number of likely N-dealkylation sites (tertiary alicyclic amines) is 1. The number of ether oxygens (including phenoxy) is 1. The Kier molecular flexibility index (Phi) is 4.29. The molecule has 7 nitrogen and oxygen atoms in total. The van der Waals surface area contributed by atoms with Gasteiger partial charge in [0, 0.05) is 60.1 Å². The number of pyridine rings is 1. The fraction of sp³-hybridized carbons (Fsp3) is 0.364. The first kappa shape index (κ1) is 18.1. The molecule has 0 unspecified atom stereocenters. The van der Waals surface area contributed by atoms with Gasteiger partial charge in [0.05, 0.1) is 26.2 Å². The van der Waals surface area contributed by atoms with Gasteiger partial charge in [0.15, 0.2) is 0 Å². The van der Waals surface area contributed by atoms with Crippen molar-refractivity contribution in [2.24, 2.45) is 0 Å². The fourth-order valence-corrected chi connectivity index (χ4v) is 4.74. The number of aromatic amines is 1. The van der Waals surface area contributed by atoms with Gasteiger partial charge in [-0.1, -0.05) is 6.07 Å². The van der Waals surface area contributed by atoms with E-state index in [1.54, 1.807) is 19.5 Å². The van der Waals surface area contributed by atoms with Crippen molar-refractivity contribution in [3.8, 4) is 5.75 Å². The van der Waals surface area contributed by atoms with Crippen molar-refractivity contribution >= 4 is 16.8 Å². The van der Waals surface area contributed by atoms with Crippen LogP contribution in [0.2, 0.25) is 0 Å². The van der Waals surface area contributed by atoms with Crippen LogP contribution in [-0.2, 0) is 16.6 Å². The number of amides is 1. The molecule has 1 fully saturated rings. The number of benzene rings is 1. The van der Waals surface area contributed by atoms with Gasteiger partial charge < -0.3 is 25.0 Å². The molecule has 29 heavy (non-hydrogen) atoms. The molecular formula is C22H24N4O3. The van der Waals surface area contributed by atoms with Gasteiger partial charge in [0.2, 0.25) is 5.91 Å². The maximum absolute atomic E-state index is 12.8. The summed E-state index contributed by atoms with van der Waals surface area (Å²) in [6, 6.07) is 9.68. The van der Waals surface area contributed by atoms with E-state index in [4.69, 9.17) is 4.74 Å². The molecule has 0 bridgehead atoms. The quantitative estimate of drug-likeness (QED) is 0.627. The lowest BCUT2D eigenvalue weighted by atomic mass is 9.69. The molecule has 2 aliphatic rings. The zero-order valence-corrected chi connectivity index (χ0v) is 16.3. The SMILES string of the molecule is COc1ccc2c3c([nH]c2c1)[C@H](CO)NCC31CN(C(=O)Cc2cccnc2)C1. The number of nitrogens with zero attached hydrogens (tertiary/aromatic N) is 2. The number of H-pyrrole nitrogens is 1. The molecule has 1 saturated heterocycles. The molecule has 7 heteroatoms. The third kappa shape index (κ3) is 2.89. The Morgan fingerprint density at radius 3 is 2.97 bits per heavy atom. The highest BCUT2D eigenvalue weighted by Crippen LogP contribution is 2.45. The summed E-state index contributed by atoms with van der Waals surface area (Å²) in [5.41, 5.74) is 4.02. The molecule has 1 spiro atoms. The van der Waals surface area contributed by atoms with Crippen LogP contribution < -0.4 is 10.1 Å². The summed E-state index contributed by atoms with van der Waals surface area (Å²) < 4.78 is 5.36. The summed E-state index contributed by atoms with van der Waals surface area (Å²) in [7, 11) is 1.65. The van der Waals surface area contributed by atoms with Crippen LogP contribution in [0.4, 0.5) is 0 Å². The zero-order valence-electron chi connectivity index (χ0n) is 16.3. The van der Waals surface area contributed by atoms with Gasteiger partial charge in [-0.15, -0.1) is 0 Å². The van der Waals surface area contributed by atoms with E-state index in [0.717, 1.165) is 34.5 Å². The Labute approximate surface area is 168 Å². The molecule has 2 aromatic heterocycles. The number of fused-ring (bicyclic) bond motifs is 4. The Morgan fingerprint density at radius 2 is 2.24 bits per heavy atom. The minimum atomic E-state index is -0.140. The smallest absolute Gasteiger partial charge is 0.227 e. The fourth-order valence-electron chi connectivity index (χ4n) is 4.74. The lowest BCUT2D eigenvalue weighted by Gasteiger charge is -2.53. The van der Waals surface area contributed by atoms with Crippen molar-refractivity contribution < 1.29 is 14.6 Å². The Bertz CT molecular complexity index is 1060. The van der Waals surface area contributed by atoms with Crippen LogP contribution in [0.25, 0.3) is 10.9 Å². The zero-order chi connectivity index (χ0) is 20.0. The van der Waals surface area contributed by atoms with Crippen LogP contribution in [0, 0.1) is 0 Å². The maximum atomic E-state index is 12.8. The molecule has 2 aliphatic heterocycles. The average Bonchev–Trinajstić information content (AvgIpc) is 3.11. The molecule has 0 saturated carbocycles. The molecule has 1 amide bonds. The van der Waals surface area contributed by atoms with Gasteiger partial charge in [-0.3, -0.25) is 9.78 Å². The predicted octanol–water partition coefficient (Wildman–Crippen LogP) is 1.53. The van der Waals surface area contributed by atoms with Crippen molar-refractivity contribution in [3.63, 3.8) is 0 Å². The largest absolute Gasteiger partial charge is 0.497 e. The first-order valence-electron chi connectivity index (χ1n) is 9.84. The van der Waals surface area contributed by atoms with Gasteiger partial charge in [-0.05, 0) is 29.3 Å². The van der Waals surface area contributed by atoms with Crippen molar-refractivity contribution in [2.75, 3.05) is 33.4 Å². The van der Waals surface area contributed by atoms with Crippen molar-refractivity contribution in [3.05, 3.63) is 59.5 Å². The molecule has 3 N–H and O–H groups in total. The second-order valence-corrected chi connectivity index (χ2v) is 8.01. The van der Waals surface area contributed by atoms with Crippen LogP contribution in [-0.4, -0.2) is 59.2 Å². The first-order valence-corrected chi connectivity index (χ1v) is 9.84. The van der Waals surface area contributed by atoms with Gasteiger partial charge in [0.25, 0.3) is 0 Å². The number of aliphatic hydroxyl groups is 1. The lowest BCUT2D eigenvalue weighted by molar-refractivity contribution is -0.138. The second kappa shape index (κ2) is 6.86.